The van der Waals surface area contributed by atoms with Gasteiger partial charge in [0.25, 0.3) is 0 Å². The minimum atomic E-state index is 0.217. The normalized spacial score (nSPS) is 9.95. The highest BCUT2D eigenvalue weighted by Gasteiger charge is 2.07. The summed E-state index contributed by atoms with van der Waals surface area (Å²) in [6.07, 6.45) is 0.382. The van der Waals surface area contributed by atoms with E-state index in [0.29, 0.717) is 22.3 Å². The van der Waals surface area contributed by atoms with Crippen molar-refractivity contribution < 1.29 is 0 Å². The number of nitrogens with zero attached hydrogens (tertiary/aromatic N) is 2. The number of rotatable bonds is 3. The summed E-state index contributed by atoms with van der Waals surface area (Å²) >= 11 is 11.8. The molecule has 1 heterocycles. The number of nitrogen functional groups attached to an aromatic ring is 1. The van der Waals surface area contributed by atoms with Crippen LogP contribution in [0, 0.1) is 11.3 Å². The number of aromatic nitrogens is 1. The zero-order valence-corrected chi connectivity index (χ0v) is 11.3. The van der Waals surface area contributed by atoms with Crippen LogP contribution in [0.5, 0.6) is 0 Å². The van der Waals surface area contributed by atoms with Crippen LogP contribution in [-0.4, -0.2) is 4.98 Å². The number of nitrogens with one attached hydrogen (secondary N) is 1. The maximum absolute atomic E-state index is 8.60. The van der Waals surface area contributed by atoms with E-state index in [2.05, 4.69) is 16.4 Å². The number of anilines is 3. The van der Waals surface area contributed by atoms with E-state index in [0.717, 1.165) is 11.3 Å². The van der Waals surface area contributed by atoms with E-state index in [4.69, 9.17) is 34.2 Å². The number of nitriles is 1. The summed E-state index contributed by atoms with van der Waals surface area (Å²) in [6.45, 7) is 0. The Morgan fingerprint density at radius 1 is 1.21 bits per heavy atom. The van der Waals surface area contributed by atoms with E-state index >= 15 is 0 Å². The zero-order valence-electron chi connectivity index (χ0n) is 9.82. The molecule has 3 N–H and O–H groups in total. The lowest BCUT2D eigenvalue weighted by molar-refractivity contribution is 1.26. The summed E-state index contributed by atoms with van der Waals surface area (Å²) < 4.78 is 0. The van der Waals surface area contributed by atoms with E-state index in [1.54, 1.807) is 0 Å². The first kappa shape index (κ1) is 13.5. The molecule has 0 aliphatic heterocycles. The highest BCUT2D eigenvalue weighted by Crippen LogP contribution is 2.29. The number of benzene rings is 1. The van der Waals surface area contributed by atoms with Crippen molar-refractivity contribution in [1.29, 1.82) is 5.26 Å². The van der Waals surface area contributed by atoms with Gasteiger partial charge < -0.3 is 11.1 Å². The van der Waals surface area contributed by atoms with Crippen molar-refractivity contribution in [1.82, 2.24) is 4.98 Å². The summed E-state index contributed by atoms with van der Waals surface area (Å²) in [7, 11) is 0. The number of halogens is 2. The molecule has 0 aliphatic carbocycles. The van der Waals surface area contributed by atoms with Crippen LogP contribution in [0.25, 0.3) is 0 Å². The first-order valence-electron chi connectivity index (χ1n) is 5.44. The SMILES string of the molecule is N#CCc1ccc(Nc2nc(N)c(Cl)cc2Cl)cc1. The van der Waals surface area contributed by atoms with Gasteiger partial charge >= 0.3 is 0 Å². The third kappa shape index (κ3) is 3.28. The number of hydrogen-bond acceptors (Lipinski definition) is 4. The highest BCUT2D eigenvalue weighted by molar-refractivity contribution is 6.37. The predicted molar refractivity (Wildman–Crippen MR) is 77.7 cm³/mol. The lowest BCUT2D eigenvalue weighted by atomic mass is 10.1. The van der Waals surface area contributed by atoms with Crippen LogP contribution < -0.4 is 11.1 Å². The number of nitrogens with two attached hydrogens (primary N) is 1. The molecule has 0 bridgehead atoms. The van der Waals surface area contributed by atoms with Gasteiger partial charge in [0.15, 0.2) is 5.82 Å². The van der Waals surface area contributed by atoms with E-state index in [-0.39, 0.29) is 5.82 Å². The van der Waals surface area contributed by atoms with Gasteiger partial charge in [0.05, 0.1) is 22.5 Å². The summed E-state index contributed by atoms with van der Waals surface area (Å²) in [5, 5.41) is 12.4. The Kier molecular flexibility index (Phi) is 4.10. The second kappa shape index (κ2) is 5.79. The highest BCUT2D eigenvalue weighted by atomic mass is 35.5. The van der Waals surface area contributed by atoms with E-state index < -0.39 is 0 Å². The van der Waals surface area contributed by atoms with Gasteiger partial charge in [-0.1, -0.05) is 35.3 Å². The van der Waals surface area contributed by atoms with Gasteiger partial charge in [0, 0.05) is 5.69 Å². The summed E-state index contributed by atoms with van der Waals surface area (Å²) in [4.78, 5) is 4.08. The minimum Gasteiger partial charge on any atom is -0.382 e. The Labute approximate surface area is 120 Å². The zero-order chi connectivity index (χ0) is 13.8. The molecule has 2 rings (SSSR count). The van der Waals surface area contributed by atoms with Crippen LogP contribution in [0.15, 0.2) is 30.3 Å². The van der Waals surface area contributed by atoms with Gasteiger partial charge in [0.1, 0.15) is 5.82 Å². The van der Waals surface area contributed by atoms with Crippen LogP contribution in [0.4, 0.5) is 17.3 Å². The second-order valence-corrected chi connectivity index (χ2v) is 4.66. The summed E-state index contributed by atoms with van der Waals surface area (Å²) in [6, 6.07) is 11.0. The van der Waals surface area contributed by atoms with Crippen molar-refractivity contribution >= 4 is 40.5 Å². The van der Waals surface area contributed by atoms with Crippen molar-refractivity contribution in [2.75, 3.05) is 11.1 Å². The molecular formula is C13H10Cl2N4. The molecule has 19 heavy (non-hydrogen) atoms. The van der Waals surface area contributed by atoms with Gasteiger partial charge in [0.2, 0.25) is 0 Å². The molecule has 0 fully saturated rings. The second-order valence-electron chi connectivity index (χ2n) is 3.84. The maximum Gasteiger partial charge on any atom is 0.151 e. The Morgan fingerprint density at radius 2 is 1.89 bits per heavy atom. The van der Waals surface area contributed by atoms with Crippen LogP contribution in [0.1, 0.15) is 5.56 Å². The van der Waals surface area contributed by atoms with Crippen molar-refractivity contribution in [3.05, 3.63) is 45.9 Å². The quantitative estimate of drug-likeness (QED) is 0.903. The van der Waals surface area contributed by atoms with Crippen LogP contribution >= 0.6 is 23.2 Å². The Balaban J connectivity index is 2.22. The van der Waals surface area contributed by atoms with Crippen molar-refractivity contribution in [2.45, 2.75) is 6.42 Å². The molecule has 1 aromatic carbocycles. The average Bonchev–Trinajstić information content (AvgIpc) is 2.38. The lowest BCUT2D eigenvalue weighted by Crippen LogP contribution is -1.99. The van der Waals surface area contributed by atoms with Crippen molar-refractivity contribution in [3.8, 4) is 6.07 Å². The third-order valence-corrected chi connectivity index (χ3v) is 3.05. The van der Waals surface area contributed by atoms with Gasteiger partial charge in [-0.3, -0.25) is 0 Å². The molecule has 0 aliphatic rings. The van der Waals surface area contributed by atoms with Crippen molar-refractivity contribution in [2.24, 2.45) is 0 Å². The molecule has 0 saturated heterocycles. The van der Waals surface area contributed by atoms with Gasteiger partial charge in [-0.2, -0.15) is 5.26 Å². The predicted octanol–water partition coefficient (Wildman–Crippen LogP) is 3.78. The first-order chi connectivity index (χ1) is 9.10. The van der Waals surface area contributed by atoms with Gasteiger partial charge in [-0.25, -0.2) is 4.98 Å². The number of pyridine rings is 1. The number of hydrogen-bond donors (Lipinski definition) is 2. The van der Waals surface area contributed by atoms with Gasteiger partial charge in [-0.15, -0.1) is 0 Å². The lowest BCUT2D eigenvalue weighted by Gasteiger charge is -2.09. The average molecular weight is 293 g/mol. The molecule has 4 nitrogen and oxygen atoms in total. The maximum atomic E-state index is 8.60. The smallest absolute Gasteiger partial charge is 0.151 e. The Bertz CT molecular complexity index is 632. The fourth-order valence-corrected chi connectivity index (χ4v) is 1.91. The molecule has 0 amide bonds. The van der Waals surface area contributed by atoms with Crippen molar-refractivity contribution in [3.63, 3.8) is 0 Å². The molecule has 6 heteroatoms. The Hall–Kier alpha value is -1.96. The molecule has 96 valence electrons. The molecule has 0 radical (unpaired) electrons. The largest absolute Gasteiger partial charge is 0.382 e. The standard InChI is InChI=1S/C13H10Cl2N4/c14-10-7-11(15)13(19-12(10)17)18-9-3-1-8(2-4-9)5-6-16/h1-4,7H,5H2,(H3,17,18,19). The fourth-order valence-electron chi connectivity index (χ4n) is 1.50. The third-order valence-electron chi connectivity index (χ3n) is 2.46. The molecule has 0 atom stereocenters. The van der Waals surface area contributed by atoms with Crippen LogP contribution in [0.2, 0.25) is 10.0 Å². The van der Waals surface area contributed by atoms with E-state index in [9.17, 15) is 0 Å². The molecule has 1 aromatic heterocycles. The van der Waals surface area contributed by atoms with Gasteiger partial charge in [-0.05, 0) is 23.8 Å². The van der Waals surface area contributed by atoms with Crippen LogP contribution in [-0.2, 0) is 6.42 Å². The monoisotopic (exact) mass is 292 g/mol. The summed E-state index contributed by atoms with van der Waals surface area (Å²) in [5.74, 6) is 0.659. The van der Waals surface area contributed by atoms with E-state index in [1.807, 2.05) is 24.3 Å². The molecule has 2 aromatic rings. The molecule has 0 unspecified atom stereocenters. The summed E-state index contributed by atoms with van der Waals surface area (Å²) in [5.41, 5.74) is 7.38. The minimum absolute atomic E-state index is 0.217. The van der Waals surface area contributed by atoms with Crippen LogP contribution in [0.3, 0.4) is 0 Å². The molecule has 0 spiro atoms. The molecular weight excluding hydrogens is 283 g/mol. The molecule has 0 saturated carbocycles. The van der Waals surface area contributed by atoms with E-state index in [1.165, 1.54) is 6.07 Å². The topological polar surface area (TPSA) is 74.7 Å². The fraction of sp³-hybridized carbons (Fsp3) is 0.0769. The first-order valence-corrected chi connectivity index (χ1v) is 6.20. The Morgan fingerprint density at radius 3 is 2.53 bits per heavy atom.